The molecule has 1 amide bonds. The normalized spacial score (nSPS) is 10.3. The summed E-state index contributed by atoms with van der Waals surface area (Å²) in [5.41, 5.74) is 0. The lowest BCUT2D eigenvalue weighted by atomic mass is 10.4. The second kappa shape index (κ2) is 8.19. The van der Waals surface area contributed by atoms with Gasteiger partial charge in [-0.25, -0.2) is 0 Å². The van der Waals surface area contributed by atoms with Crippen LogP contribution in [-0.4, -0.2) is 62.3 Å². The Kier molecular flexibility index (Phi) is 7.57. The number of carboxylic acids is 1. The van der Waals surface area contributed by atoms with Gasteiger partial charge < -0.3 is 20.1 Å². The van der Waals surface area contributed by atoms with Crippen molar-refractivity contribution in [2.24, 2.45) is 0 Å². The molecule has 0 aromatic heterocycles. The molecule has 0 radical (unpaired) electrons. The van der Waals surface area contributed by atoms with Crippen LogP contribution in [0.1, 0.15) is 6.42 Å². The fourth-order valence-electron chi connectivity index (χ4n) is 0.812. The van der Waals surface area contributed by atoms with E-state index in [9.17, 15) is 9.59 Å². The SMILES string of the molecule is CN(C)CCOCCNC(=O)CC(=O)O. The Bertz CT molecular complexity index is 206. The lowest BCUT2D eigenvalue weighted by Crippen LogP contribution is -2.29. The molecule has 0 heterocycles. The molecule has 6 heteroatoms. The highest BCUT2D eigenvalue weighted by molar-refractivity contribution is 5.93. The summed E-state index contributed by atoms with van der Waals surface area (Å²) in [6, 6.07) is 0. The van der Waals surface area contributed by atoms with Gasteiger partial charge >= 0.3 is 5.97 Å². The van der Waals surface area contributed by atoms with Crippen LogP contribution in [-0.2, 0) is 14.3 Å². The van der Waals surface area contributed by atoms with Gasteiger partial charge in [0.2, 0.25) is 5.91 Å². The van der Waals surface area contributed by atoms with Crippen LogP contribution in [0.4, 0.5) is 0 Å². The summed E-state index contributed by atoms with van der Waals surface area (Å²) in [5.74, 6) is -1.61. The van der Waals surface area contributed by atoms with Crippen molar-refractivity contribution in [3.8, 4) is 0 Å². The lowest BCUT2D eigenvalue weighted by molar-refractivity contribution is -0.140. The van der Waals surface area contributed by atoms with Crippen molar-refractivity contribution in [2.75, 3.05) is 40.4 Å². The summed E-state index contributed by atoms with van der Waals surface area (Å²) in [4.78, 5) is 23.0. The highest BCUT2D eigenvalue weighted by Crippen LogP contribution is 1.80. The van der Waals surface area contributed by atoms with Gasteiger partial charge in [0.05, 0.1) is 13.2 Å². The highest BCUT2D eigenvalue weighted by atomic mass is 16.5. The van der Waals surface area contributed by atoms with Crippen LogP contribution >= 0.6 is 0 Å². The highest BCUT2D eigenvalue weighted by Gasteiger charge is 2.05. The summed E-state index contributed by atoms with van der Waals surface area (Å²) >= 11 is 0. The summed E-state index contributed by atoms with van der Waals surface area (Å²) in [6.45, 7) is 2.17. The molecule has 0 fully saturated rings. The fraction of sp³-hybridized carbons (Fsp3) is 0.778. The number of nitrogens with zero attached hydrogens (tertiary/aromatic N) is 1. The minimum Gasteiger partial charge on any atom is -0.481 e. The number of aliphatic carboxylic acids is 1. The molecular weight excluding hydrogens is 200 g/mol. The number of hydrogen-bond acceptors (Lipinski definition) is 4. The van der Waals surface area contributed by atoms with Crippen LogP contribution in [0.2, 0.25) is 0 Å². The van der Waals surface area contributed by atoms with E-state index in [-0.39, 0.29) is 0 Å². The third-order valence-electron chi connectivity index (χ3n) is 1.56. The molecule has 6 nitrogen and oxygen atoms in total. The lowest BCUT2D eigenvalue weighted by Gasteiger charge is -2.09. The smallest absolute Gasteiger partial charge is 0.312 e. The van der Waals surface area contributed by atoms with Crippen LogP contribution in [0.5, 0.6) is 0 Å². The zero-order valence-electron chi connectivity index (χ0n) is 9.15. The predicted molar refractivity (Wildman–Crippen MR) is 54.6 cm³/mol. The van der Waals surface area contributed by atoms with Crippen LogP contribution in [0.3, 0.4) is 0 Å². The Balaban J connectivity index is 3.24. The molecule has 0 aliphatic heterocycles. The van der Waals surface area contributed by atoms with Crippen molar-refractivity contribution in [1.29, 1.82) is 0 Å². The van der Waals surface area contributed by atoms with Gasteiger partial charge in [-0.3, -0.25) is 9.59 Å². The molecule has 2 N–H and O–H groups in total. The van der Waals surface area contributed by atoms with Crippen molar-refractivity contribution in [3.63, 3.8) is 0 Å². The van der Waals surface area contributed by atoms with Crippen LogP contribution in [0.15, 0.2) is 0 Å². The molecule has 0 aromatic carbocycles. The van der Waals surface area contributed by atoms with Crippen molar-refractivity contribution >= 4 is 11.9 Å². The van der Waals surface area contributed by atoms with Crippen LogP contribution < -0.4 is 5.32 Å². The minimum atomic E-state index is -1.12. The molecule has 0 aromatic rings. The van der Waals surface area contributed by atoms with E-state index in [2.05, 4.69) is 5.32 Å². The Hall–Kier alpha value is -1.14. The Morgan fingerprint density at radius 1 is 1.33 bits per heavy atom. The zero-order chi connectivity index (χ0) is 11.7. The topological polar surface area (TPSA) is 78.9 Å². The van der Waals surface area contributed by atoms with Gasteiger partial charge in [-0.2, -0.15) is 0 Å². The first kappa shape index (κ1) is 13.9. The number of hydrogen-bond donors (Lipinski definition) is 2. The third-order valence-corrected chi connectivity index (χ3v) is 1.56. The predicted octanol–water partition coefficient (Wildman–Crippen LogP) is -0.844. The van der Waals surface area contributed by atoms with Gasteiger partial charge in [-0.1, -0.05) is 0 Å². The van der Waals surface area contributed by atoms with Gasteiger partial charge in [0.1, 0.15) is 6.42 Å². The summed E-state index contributed by atoms with van der Waals surface area (Å²) < 4.78 is 5.20. The van der Waals surface area contributed by atoms with Gasteiger partial charge in [-0.15, -0.1) is 0 Å². The van der Waals surface area contributed by atoms with Crippen molar-refractivity contribution in [3.05, 3.63) is 0 Å². The molecule has 0 spiro atoms. The van der Waals surface area contributed by atoms with Gasteiger partial charge in [0.15, 0.2) is 0 Å². The summed E-state index contributed by atoms with van der Waals surface area (Å²) in [6.07, 6.45) is -0.488. The number of amides is 1. The van der Waals surface area contributed by atoms with E-state index in [1.165, 1.54) is 0 Å². The summed E-state index contributed by atoms with van der Waals surface area (Å²) in [5, 5.41) is 10.7. The van der Waals surface area contributed by atoms with Crippen molar-refractivity contribution in [2.45, 2.75) is 6.42 Å². The van der Waals surface area contributed by atoms with Crippen LogP contribution in [0, 0.1) is 0 Å². The van der Waals surface area contributed by atoms with E-state index < -0.39 is 18.3 Å². The molecule has 0 saturated carbocycles. The molecule has 0 saturated heterocycles. The average Bonchev–Trinajstić information content (AvgIpc) is 2.09. The Morgan fingerprint density at radius 3 is 2.53 bits per heavy atom. The molecule has 0 rings (SSSR count). The molecule has 0 unspecified atom stereocenters. The molecule has 0 aliphatic rings. The number of carbonyl (C=O) groups is 2. The van der Waals surface area contributed by atoms with Crippen LogP contribution in [0.25, 0.3) is 0 Å². The van der Waals surface area contributed by atoms with E-state index in [4.69, 9.17) is 9.84 Å². The second-order valence-corrected chi connectivity index (χ2v) is 3.34. The van der Waals surface area contributed by atoms with E-state index >= 15 is 0 Å². The third kappa shape index (κ3) is 10.8. The summed E-state index contributed by atoms with van der Waals surface area (Å²) in [7, 11) is 3.88. The van der Waals surface area contributed by atoms with Gasteiger partial charge in [-0.05, 0) is 14.1 Å². The number of nitrogens with one attached hydrogen (secondary N) is 1. The monoisotopic (exact) mass is 218 g/mol. The van der Waals surface area contributed by atoms with Crippen molar-refractivity contribution < 1.29 is 19.4 Å². The largest absolute Gasteiger partial charge is 0.481 e. The Morgan fingerprint density at radius 2 is 2.00 bits per heavy atom. The number of carboxylic acid groups (broad SMARTS) is 1. The van der Waals surface area contributed by atoms with Gasteiger partial charge in [0, 0.05) is 13.1 Å². The first-order valence-electron chi connectivity index (χ1n) is 4.73. The number of rotatable bonds is 8. The molecule has 0 bridgehead atoms. The first-order valence-corrected chi connectivity index (χ1v) is 4.73. The minimum absolute atomic E-state index is 0.347. The standard InChI is InChI=1S/C9H18N2O4/c1-11(2)4-6-15-5-3-10-8(12)7-9(13)14/h3-7H2,1-2H3,(H,10,12)(H,13,14). The number of ether oxygens (including phenoxy) is 1. The van der Waals surface area contributed by atoms with E-state index in [1.807, 2.05) is 19.0 Å². The average molecular weight is 218 g/mol. The van der Waals surface area contributed by atoms with E-state index in [0.29, 0.717) is 19.8 Å². The molecular formula is C9H18N2O4. The molecule has 88 valence electrons. The zero-order valence-corrected chi connectivity index (χ0v) is 9.15. The quantitative estimate of drug-likeness (QED) is 0.410. The second-order valence-electron chi connectivity index (χ2n) is 3.34. The molecule has 0 atom stereocenters. The number of carbonyl (C=O) groups excluding carboxylic acids is 1. The van der Waals surface area contributed by atoms with Crippen molar-refractivity contribution in [1.82, 2.24) is 10.2 Å². The number of likely N-dealkylation sites (N-methyl/N-ethyl adjacent to an activating group) is 1. The van der Waals surface area contributed by atoms with Gasteiger partial charge in [0.25, 0.3) is 0 Å². The first-order chi connectivity index (χ1) is 7.02. The molecule has 0 aliphatic carbocycles. The Labute approximate surface area is 89.2 Å². The van der Waals surface area contributed by atoms with E-state index in [0.717, 1.165) is 6.54 Å². The molecule has 15 heavy (non-hydrogen) atoms. The maximum Gasteiger partial charge on any atom is 0.312 e. The van der Waals surface area contributed by atoms with E-state index in [1.54, 1.807) is 0 Å². The fourth-order valence-corrected chi connectivity index (χ4v) is 0.812. The maximum absolute atomic E-state index is 10.8. The maximum atomic E-state index is 10.8.